The third-order valence-corrected chi connectivity index (χ3v) is 6.38. The molecule has 0 unspecified atom stereocenters. The van der Waals surface area contributed by atoms with Gasteiger partial charge in [0.1, 0.15) is 16.5 Å². The van der Waals surface area contributed by atoms with E-state index >= 15 is 0 Å². The average Bonchev–Trinajstić information content (AvgIpc) is 3.34. The first-order valence-corrected chi connectivity index (χ1v) is 12.6. The Bertz CT molecular complexity index is 1080. The Hall–Kier alpha value is -3.10. The molecule has 0 atom stereocenters. The van der Waals surface area contributed by atoms with Crippen LogP contribution in [-0.4, -0.2) is 50.2 Å². The molecule has 1 N–H and O–H groups in total. The summed E-state index contributed by atoms with van der Waals surface area (Å²) in [6, 6.07) is 14.1. The van der Waals surface area contributed by atoms with Crippen molar-refractivity contribution >= 4 is 17.2 Å². The number of thiazole rings is 1. The van der Waals surface area contributed by atoms with Gasteiger partial charge in [0.05, 0.1) is 27.9 Å². The lowest BCUT2D eigenvalue weighted by atomic mass is 10.1. The molecule has 1 amide bonds. The lowest BCUT2D eigenvalue weighted by Gasteiger charge is -2.22. The largest absolute Gasteiger partial charge is 0.497 e. The molecule has 0 spiro atoms. The standard InChI is InChI=1S/C27H35N3O4S/c1-19(2)15-28-27(31)23-18-35-26(29-23)17-30(16-21-6-9-22(32-3)10-7-21)13-12-20-8-11-24(33-4)25(14-20)34-5/h6-11,14,18-19H,12-13,15-17H2,1-5H3,(H,28,31). The van der Waals surface area contributed by atoms with Crippen LogP contribution >= 0.6 is 11.3 Å². The number of rotatable bonds is 13. The zero-order valence-electron chi connectivity index (χ0n) is 21.2. The minimum atomic E-state index is -0.117. The fourth-order valence-electron chi connectivity index (χ4n) is 3.59. The van der Waals surface area contributed by atoms with Crippen molar-refractivity contribution in [3.63, 3.8) is 0 Å². The fraction of sp³-hybridized carbons (Fsp3) is 0.407. The van der Waals surface area contributed by atoms with Gasteiger partial charge in [-0.2, -0.15) is 0 Å². The van der Waals surface area contributed by atoms with Crippen LogP contribution in [0.5, 0.6) is 17.2 Å². The number of benzene rings is 2. The second-order valence-electron chi connectivity index (χ2n) is 8.73. The van der Waals surface area contributed by atoms with Gasteiger partial charge in [-0.15, -0.1) is 11.3 Å². The van der Waals surface area contributed by atoms with Crippen molar-refractivity contribution in [2.45, 2.75) is 33.4 Å². The summed E-state index contributed by atoms with van der Waals surface area (Å²) in [6.45, 7) is 7.01. The zero-order valence-corrected chi connectivity index (χ0v) is 22.0. The molecule has 3 rings (SSSR count). The second kappa shape index (κ2) is 13.1. The summed E-state index contributed by atoms with van der Waals surface area (Å²) in [5.41, 5.74) is 2.83. The lowest BCUT2D eigenvalue weighted by molar-refractivity contribution is 0.0944. The van der Waals surface area contributed by atoms with Crippen LogP contribution in [0.15, 0.2) is 47.8 Å². The van der Waals surface area contributed by atoms with E-state index in [4.69, 9.17) is 14.2 Å². The molecule has 0 bridgehead atoms. The summed E-state index contributed by atoms with van der Waals surface area (Å²) in [5.74, 6) is 2.56. The molecule has 0 fully saturated rings. The lowest BCUT2D eigenvalue weighted by Crippen LogP contribution is -2.28. The van der Waals surface area contributed by atoms with E-state index in [0.29, 0.717) is 24.7 Å². The quantitative estimate of drug-likeness (QED) is 0.366. The molecule has 8 heteroatoms. The molecule has 0 saturated carbocycles. The zero-order chi connectivity index (χ0) is 25.2. The monoisotopic (exact) mass is 497 g/mol. The highest BCUT2D eigenvalue weighted by molar-refractivity contribution is 7.09. The SMILES string of the molecule is COc1ccc(CN(CCc2ccc(OC)c(OC)c2)Cc2nc(C(=O)NCC(C)C)cs2)cc1. The van der Waals surface area contributed by atoms with Crippen molar-refractivity contribution in [3.05, 3.63) is 69.7 Å². The Morgan fingerprint density at radius 3 is 2.34 bits per heavy atom. The molecule has 0 aliphatic heterocycles. The van der Waals surface area contributed by atoms with Gasteiger partial charge in [0.2, 0.25) is 0 Å². The molecule has 0 aliphatic carbocycles. The first kappa shape index (κ1) is 26.5. The first-order chi connectivity index (χ1) is 16.9. The molecular weight excluding hydrogens is 462 g/mol. The van der Waals surface area contributed by atoms with Crippen LogP contribution in [0.1, 0.15) is 40.5 Å². The van der Waals surface area contributed by atoms with Gasteiger partial charge in [-0.05, 0) is 47.7 Å². The van der Waals surface area contributed by atoms with Gasteiger partial charge in [0.25, 0.3) is 5.91 Å². The number of carbonyl (C=O) groups is 1. The van der Waals surface area contributed by atoms with E-state index in [1.165, 1.54) is 16.9 Å². The van der Waals surface area contributed by atoms with Gasteiger partial charge in [-0.25, -0.2) is 4.98 Å². The van der Waals surface area contributed by atoms with E-state index in [-0.39, 0.29) is 5.91 Å². The van der Waals surface area contributed by atoms with E-state index in [0.717, 1.165) is 47.3 Å². The number of methoxy groups -OCH3 is 3. The highest BCUT2D eigenvalue weighted by atomic mass is 32.1. The van der Waals surface area contributed by atoms with Crippen molar-refractivity contribution in [2.24, 2.45) is 5.92 Å². The third-order valence-electron chi connectivity index (χ3n) is 5.54. The maximum Gasteiger partial charge on any atom is 0.270 e. The maximum absolute atomic E-state index is 12.4. The number of nitrogens with zero attached hydrogens (tertiary/aromatic N) is 2. The number of ether oxygens (including phenoxy) is 3. The Morgan fingerprint density at radius 1 is 0.971 bits per heavy atom. The summed E-state index contributed by atoms with van der Waals surface area (Å²) >= 11 is 1.52. The number of hydrogen-bond acceptors (Lipinski definition) is 7. The van der Waals surface area contributed by atoms with Crippen LogP contribution in [0.3, 0.4) is 0 Å². The number of carbonyl (C=O) groups excluding carboxylic acids is 1. The van der Waals surface area contributed by atoms with Crippen molar-refractivity contribution in [3.8, 4) is 17.2 Å². The summed E-state index contributed by atoms with van der Waals surface area (Å²) in [5, 5.41) is 5.70. The van der Waals surface area contributed by atoms with Crippen LogP contribution < -0.4 is 19.5 Å². The topological polar surface area (TPSA) is 72.9 Å². The Morgan fingerprint density at radius 2 is 1.69 bits per heavy atom. The van der Waals surface area contributed by atoms with Gasteiger partial charge in [0, 0.05) is 25.0 Å². The van der Waals surface area contributed by atoms with Gasteiger partial charge >= 0.3 is 0 Å². The summed E-state index contributed by atoms with van der Waals surface area (Å²) in [6.07, 6.45) is 0.837. The van der Waals surface area contributed by atoms with Crippen LogP contribution in [-0.2, 0) is 19.5 Å². The van der Waals surface area contributed by atoms with Crippen LogP contribution in [0.2, 0.25) is 0 Å². The normalized spacial score (nSPS) is 11.1. The molecule has 188 valence electrons. The Kier molecular flexibility index (Phi) is 9.93. The molecule has 1 heterocycles. The highest BCUT2D eigenvalue weighted by Gasteiger charge is 2.15. The average molecular weight is 498 g/mol. The van der Waals surface area contributed by atoms with Gasteiger partial charge < -0.3 is 19.5 Å². The van der Waals surface area contributed by atoms with E-state index in [1.807, 2.05) is 29.6 Å². The predicted molar refractivity (Wildman–Crippen MR) is 140 cm³/mol. The minimum Gasteiger partial charge on any atom is -0.497 e. The molecule has 3 aromatic rings. The number of nitrogens with one attached hydrogen (secondary N) is 1. The molecule has 7 nitrogen and oxygen atoms in total. The number of hydrogen-bond donors (Lipinski definition) is 1. The molecule has 0 aliphatic rings. The number of amides is 1. The Balaban J connectivity index is 1.72. The van der Waals surface area contributed by atoms with Gasteiger partial charge in [-0.3, -0.25) is 9.69 Å². The van der Waals surface area contributed by atoms with Crippen molar-refractivity contribution in [1.29, 1.82) is 0 Å². The highest BCUT2D eigenvalue weighted by Crippen LogP contribution is 2.28. The van der Waals surface area contributed by atoms with Crippen LogP contribution in [0.25, 0.3) is 0 Å². The number of aromatic nitrogens is 1. The first-order valence-electron chi connectivity index (χ1n) is 11.7. The van der Waals surface area contributed by atoms with Crippen molar-refractivity contribution in [1.82, 2.24) is 15.2 Å². The molecule has 0 radical (unpaired) electrons. The minimum absolute atomic E-state index is 0.117. The Labute approximate surface area is 212 Å². The molecular formula is C27H35N3O4S. The third kappa shape index (κ3) is 7.97. The second-order valence-corrected chi connectivity index (χ2v) is 9.67. The van der Waals surface area contributed by atoms with Crippen LogP contribution in [0, 0.1) is 5.92 Å². The molecule has 2 aromatic carbocycles. The summed E-state index contributed by atoms with van der Waals surface area (Å²) < 4.78 is 16.1. The van der Waals surface area contributed by atoms with Crippen LogP contribution in [0.4, 0.5) is 0 Å². The van der Waals surface area contributed by atoms with Crippen molar-refractivity contribution in [2.75, 3.05) is 34.4 Å². The van der Waals surface area contributed by atoms with E-state index < -0.39 is 0 Å². The summed E-state index contributed by atoms with van der Waals surface area (Å²) in [7, 11) is 4.95. The van der Waals surface area contributed by atoms with Crippen molar-refractivity contribution < 1.29 is 19.0 Å². The van der Waals surface area contributed by atoms with Gasteiger partial charge in [0.15, 0.2) is 11.5 Å². The fourth-order valence-corrected chi connectivity index (χ4v) is 4.41. The molecule has 0 saturated heterocycles. The molecule has 35 heavy (non-hydrogen) atoms. The predicted octanol–water partition coefficient (Wildman–Crippen LogP) is 4.80. The smallest absolute Gasteiger partial charge is 0.270 e. The van der Waals surface area contributed by atoms with E-state index in [2.05, 4.69) is 47.2 Å². The van der Waals surface area contributed by atoms with E-state index in [1.54, 1.807) is 21.3 Å². The van der Waals surface area contributed by atoms with E-state index in [9.17, 15) is 4.79 Å². The summed E-state index contributed by atoms with van der Waals surface area (Å²) in [4.78, 5) is 19.4. The maximum atomic E-state index is 12.4. The van der Waals surface area contributed by atoms with Gasteiger partial charge in [-0.1, -0.05) is 32.0 Å². The molecule has 1 aromatic heterocycles.